The number of hydrogen-bond acceptors (Lipinski definition) is 3. The van der Waals surface area contributed by atoms with Crippen LogP contribution in [0.3, 0.4) is 0 Å². The summed E-state index contributed by atoms with van der Waals surface area (Å²) in [5.41, 5.74) is 0.778. The summed E-state index contributed by atoms with van der Waals surface area (Å²) < 4.78 is 4.32. The first kappa shape index (κ1) is 4.30. The van der Waals surface area contributed by atoms with Crippen molar-refractivity contribution in [2.45, 2.75) is 13.3 Å². The minimum Gasteiger partial charge on any atom is -0.333 e. The zero-order valence-electron chi connectivity index (χ0n) is 4.01. The van der Waals surface area contributed by atoms with Crippen molar-refractivity contribution in [3.05, 3.63) is 12.0 Å². The molecule has 0 aromatic carbocycles. The third-order valence-electron chi connectivity index (χ3n) is 0.701. The van der Waals surface area contributed by atoms with Crippen LogP contribution in [0.15, 0.2) is 4.52 Å². The minimum atomic E-state index is 0.778. The van der Waals surface area contributed by atoms with Crippen molar-refractivity contribution >= 4 is 0 Å². The first-order valence-electron chi connectivity index (χ1n) is 2.12. The smallest absolute Gasteiger partial charge is 0.230 e. The molecule has 37 valence electrons. The Morgan fingerprint density at radius 2 is 2.71 bits per heavy atom. The van der Waals surface area contributed by atoms with Gasteiger partial charge in [-0.2, -0.15) is 0 Å². The van der Waals surface area contributed by atoms with Crippen molar-refractivity contribution in [2.24, 2.45) is 0 Å². The summed E-state index contributed by atoms with van der Waals surface area (Å²) in [6.07, 6.45) is 3.33. The van der Waals surface area contributed by atoms with E-state index in [2.05, 4.69) is 21.2 Å². The van der Waals surface area contributed by atoms with Crippen molar-refractivity contribution in [3.8, 4) is 0 Å². The lowest BCUT2D eigenvalue weighted by atomic mass is 10.4. The van der Waals surface area contributed by atoms with E-state index in [1.54, 1.807) is 0 Å². The van der Waals surface area contributed by atoms with Crippen molar-refractivity contribution in [1.29, 1.82) is 0 Å². The molecule has 1 aromatic heterocycles. The Kier molecular flexibility index (Phi) is 1.06. The van der Waals surface area contributed by atoms with Gasteiger partial charge in [-0.1, -0.05) is 6.92 Å². The Bertz CT molecular complexity index is 124. The summed E-state index contributed by atoms with van der Waals surface area (Å²) in [6.45, 7) is 1.97. The molecule has 0 spiro atoms. The zero-order chi connectivity index (χ0) is 5.11. The van der Waals surface area contributed by atoms with Crippen LogP contribution in [-0.2, 0) is 6.42 Å². The summed E-state index contributed by atoms with van der Waals surface area (Å²) in [7, 11) is 0. The van der Waals surface area contributed by atoms with Gasteiger partial charge < -0.3 is 4.52 Å². The molecule has 1 aromatic rings. The predicted molar refractivity (Wildman–Crippen MR) is 22.5 cm³/mol. The van der Waals surface area contributed by atoms with Crippen LogP contribution in [0.25, 0.3) is 0 Å². The van der Waals surface area contributed by atoms with E-state index < -0.39 is 0 Å². The van der Waals surface area contributed by atoms with E-state index in [1.165, 1.54) is 0 Å². The highest BCUT2D eigenvalue weighted by Crippen LogP contribution is 1.87. The summed E-state index contributed by atoms with van der Waals surface area (Å²) in [4.78, 5) is 0. The van der Waals surface area contributed by atoms with Crippen LogP contribution >= 0.6 is 0 Å². The molecule has 3 heteroatoms. The summed E-state index contributed by atoms with van der Waals surface area (Å²) in [5, 5.41) is 6.77. The normalized spacial score (nSPS) is 9.29. The van der Waals surface area contributed by atoms with Gasteiger partial charge in [0, 0.05) is 5.27 Å². The molecule has 1 rings (SSSR count). The molecule has 0 unspecified atom stereocenters. The van der Waals surface area contributed by atoms with Crippen LogP contribution in [0.5, 0.6) is 0 Å². The van der Waals surface area contributed by atoms with Gasteiger partial charge in [-0.15, -0.1) is 5.10 Å². The van der Waals surface area contributed by atoms with Crippen LogP contribution in [0.4, 0.5) is 0 Å². The lowest BCUT2D eigenvalue weighted by Gasteiger charge is -1.71. The molecule has 0 bridgehead atoms. The molecule has 0 aliphatic rings. The Hall–Kier alpha value is -0.860. The summed E-state index contributed by atoms with van der Waals surface area (Å²) >= 11 is 0. The van der Waals surface area contributed by atoms with Crippen LogP contribution in [0, 0.1) is 6.26 Å². The summed E-state index contributed by atoms with van der Waals surface area (Å²) in [6, 6.07) is 0. The van der Waals surface area contributed by atoms with Gasteiger partial charge in [0.1, 0.15) is 5.69 Å². The molecule has 0 saturated heterocycles. The van der Waals surface area contributed by atoms with Crippen molar-refractivity contribution in [3.63, 3.8) is 0 Å². The number of rotatable bonds is 1. The molecule has 1 radical (unpaired) electrons. The van der Waals surface area contributed by atoms with Gasteiger partial charge in [-0.3, -0.25) is 0 Å². The van der Waals surface area contributed by atoms with Gasteiger partial charge in [0.15, 0.2) is 0 Å². The fourth-order valence-electron chi connectivity index (χ4n) is 0.306. The first-order valence-corrected chi connectivity index (χ1v) is 2.12. The predicted octanol–water partition coefficient (Wildman–Crippen LogP) is 0.432. The molecule has 1 heterocycles. The van der Waals surface area contributed by atoms with E-state index in [0.29, 0.717) is 0 Å². The van der Waals surface area contributed by atoms with E-state index in [1.807, 2.05) is 6.92 Å². The Morgan fingerprint density at radius 3 is 3.00 bits per heavy atom. The summed E-state index contributed by atoms with van der Waals surface area (Å²) in [5.74, 6) is 0. The zero-order valence-corrected chi connectivity index (χ0v) is 4.01. The molecule has 0 N–H and O–H groups in total. The van der Waals surface area contributed by atoms with Gasteiger partial charge in [0.05, 0.1) is 0 Å². The van der Waals surface area contributed by atoms with Crippen LogP contribution in [-0.4, -0.2) is 10.4 Å². The molecule has 0 fully saturated rings. The molecular formula is C4H5N2O. The monoisotopic (exact) mass is 97.0 g/mol. The lowest BCUT2D eigenvalue weighted by molar-refractivity contribution is 0.387. The number of nitrogens with zero attached hydrogens (tertiary/aromatic N) is 2. The first-order chi connectivity index (χ1) is 3.43. The number of aryl methyl sites for hydroxylation is 1. The van der Waals surface area contributed by atoms with E-state index in [0.717, 1.165) is 12.1 Å². The molecule has 0 atom stereocenters. The fourth-order valence-corrected chi connectivity index (χ4v) is 0.306. The number of aromatic nitrogens is 2. The van der Waals surface area contributed by atoms with Crippen LogP contribution in [0.1, 0.15) is 12.6 Å². The molecule has 7 heavy (non-hydrogen) atoms. The SMILES string of the molecule is CCc1[c]onn1. The van der Waals surface area contributed by atoms with E-state index >= 15 is 0 Å². The Morgan fingerprint density at radius 1 is 1.86 bits per heavy atom. The van der Waals surface area contributed by atoms with Crippen LogP contribution < -0.4 is 0 Å². The van der Waals surface area contributed by atoms with Gasteiger partial charge in [-0.05, 0) is 6.42 Å². The highest BCUT2D eigenvalue weighted by molar-refractivity contribution is 4.83. The van der Waals surface area contributed by atoms with Gasteiger partial charge >= 0.3 is 0 Å². The standard InChI is InChI=1S/C4H5N2O/c1-2-4-3-7-6-5-4/h2H2,1H3. The van der Waals surface area contributed by atoms with E-state index in [4.69, 9.17) is 0 Å². The third-order valence-corrected chi connectivity index (χ3v) is 0.701. The van der Waals surface area contributed by atoms with E-state index in [-0.39, 0.29) is 0 Å². The number of hydrogen-bond donors (Lipinski definition) is 0. The second kappa shape index (κ2) is 1.73. The van der Waals surface area contributed by atoms with Gasteiger partial charge in [0.25, 0.3) is 0 Å². The Balaban J connectivity index is 2.76. The molecule has 0 amide bonds. The van der Waals surface area contributed by atoms with Gasteiger partial charge in [-0.25, -0.2) is 0 Å². The minimum absolute atomic E-state index is 0.778. The molecule has 0 aliphatic heterocycles. The highest BCUT2D eigenvalue weighted by Gasteiger charge is 1.89. The van der Waals surface area contributed by atoms with E-state index in [9.17, 15) is 0 Å². The molecule has 0 aliphatic carbocycles. The maximum Gasteiger partial charge on any atom is 0.230 e. The van der Waals surface area contributed by atoms with Crippen LogP contribution in [0.2, 0.25) is 0 Å². The van der Waals surface area contributed by atoms with Crippen molar-refractivity contribution in [2.75, 3.05) is 0 Å². The maximum absolute atomic E-state index is 4.32. The average Bonchev–Trinajstić information content (AvgIpc) is 2.14. The third kappa shape index (κ3) is 0.765. The van der Waals surface area contributed by atoms with Crippen molar-refractivity contribution in [1.82, 2.24) is 10.4 Å². The fraction of sp³-hybridized carbons (Fsp3) is 0.500. The second-order valence-electron chi connectivity index (χ2n) is 1.18. The molecule has 3 nitrogen and oxygen atoms in total. The molecule has 0 saturated carbocycles. The molecular weight excluding hydrogens is 92.1 g/mol. The van der Waals surface area contributed by atoms with Crippen molar-refractivity contribution < 1.29 is 4.52 Å². The Labute approximate surface area is 41.3 Å². The topological polar surface area (TPSA) is 38.9 Å². The second-order valence-corrected chi connectivity index (χ2v) is 1.18. The lowest BCUT2D eigenvalue weighted by Crippen LogP contribution is -1.76. The maximum atomic E-state index is 4.32. The highest BCUT2D eigenvalue weighted by atomic mass is 16.5. The largest absolute Gasteiger partial charge is 0.333 e. The average molecular weight is 97.1 g/mol. The van der Waals surface area contributed by atoms with Gasteiger partial charge in [0.2, 0.25) is 6.26 Å². The quantitative estimate of drug-likeness (QED) is 0.510.